The number of nitrogens with zero attached hydrogens (tertiary/aromatic N) is 5. The van der Waals surface area contributed by atoms with Gasteiger partial charge in [0.25, 0.3) is 12.4 Å². The number of hydrogen-bond donors (Lipinski definition) is 1. The summed E-state index contributed by atoms with van der Waals surface area (Å²) in [7, 11) is 4.03. The topological polar surface area (TPSA) is 94.3 Å². The van der Waals surface area contributed by atoms with Gasteiger partial charge in [0.15, 0.2) is 5.82 Å². The number of carbonyl (C=O) groups is 2. The van der Waals surface area contributed by atoms with Crippen molar-refractivity contribution in [1.82, 2.24) is 29.3 Å². The molecule has 0 spiro atoms. The minimum atomic E-state index is 0.0936. The monoisotopic (exact) mass is 638 g/mol. The Balaban J connectivity index is 0.000000303. The molecule has 47 heavy (non-hydrogen) atoms. The van der Waals surface area contributed by atoms with E-state index in [9.17, 15) is 9.59 Å². The fourth-order valence-electron chi connectivity index (χ4n) is 5.86. The molecule has 0 bridgehead atoms. The number of rotatable bonds is 8. The van der Waals surface area contributed by atoms with Crippen LogP contribution < -0.4 is 5.32 Å². The standard InChI is InChI=1S/C26H30N6O.C8H8O2.2C2H6/c1-27-20-6-4-12-31(16-20)26(33)19-9-10-22-21(13-19)29-25(30(22)2)23-14-18-5-3-11-28-24(18)32(23)15-17-7-8-17;9-7-10-6-8-4-2-1-3-5-8;2*1-2/h3,5,9-11,13-14,17,20,27H,4,6-8,12,15-16H2,1-2H3;1-5,7H,6H2;2*1-2H3. The molecule has 1 N–H and O–H groups in total. The molecule has 2 fully saturated rings. The van der Waals surface area contributed by atoms with Crippen LogP contribution in [0.1, 0.15) is 69.3 Å². The lowest BCUT2D eigenvalue weighted by Crippen LogP contribution is -2.46. The lowest BCUT2D eigenvalue weighted by atomic mass is 10.0. The Morgan fingerprint density at radius 1 is 1.00 bits per heavy atom. The molecule has 7 rings (SSSR count). The first-order valence-electron chi connectivity index (χ1n) is 17.0. The first kappa shape index (κ1) is 35.4. The molecule has 5 aromatic rings. The molecule has 1 aliphatic heterocycles. The molecule has 0 radical (unpaired) electrons. The average molecular weight is 639 g/mol. The van der Waals surface area contributed by atoms with E-state index in [1.807, 2.05) is 100 Å². The van der Waals surface area contributed by atoms with Crippen LogP contribution in [0.4, 0.5) is 0 Å². The van der Waals surface area contributed by atoms with Crippen molar-refractivity contribution >= 4 is 34.4 Å². The second-order valence-corrected chi connectivity index (χ2v) is 11.5. The van der Waals surface area contributed by atoms with E-state index < -0.39 is 0 Å². The highest BCUT2D eigenvalue weighted by molar-refractivity contribution is 5.98. The second kappa shape index (κ2) is 17.4. The zero-order chi connectivity index (χ0) is 33.8. The van der Waals surface area contributed by atoms with Crippen LogP contribution in [0.5, 0.6) is 0 Å². The summed E-state index contributed by atoms with van der Waals surface area (Å²) in [6.45, 7) is 11.4. The lowest BCUT2D eigenvalue weighted by Gasteiger charge is -2.32. The molecule has 4 heterocycles. The molecular weight excluding hydrogens is 588 g/mol. The number of nitrogens with one attached hydrogen (secondary N) is 1. The molecule has 1 aliphatic carbocycles. The van der Waals surface area contributed by atoms with E-state index in [1.54, 1.807) is 0 Å². The number of imidazole rings is 1. The number of aromatic nitrogens is 4. The van der Waals surface area contributed by atoms with Crippen molar-refractivity contribution in [2.24, 2.45) is 13.0 Å². The summed E-state index contributed by atoms with van der Waals surface area (Å²) in [5.41, 5.74) is 5.72. The number of hydrogen-bond acceptors (Lipinski definition) is 6. The Morgan fingerprint density at radius 2 is 1.77 bits per heavy atom. The van der Waals surface area contributed by atoms with E-state index in [-0.39, 0.29) is 5.91 Å². The maximum absolute atomic E-state index is 13.2. The van der Waals surface area contributed by atoms with Gasteiger partial charge in [0.05, 0.1) is 16.7 Å². The SMILES string of the molecule is CC.CC.CNC1CCCN(C(=O)c2ccc3c(c2)nc(-c2cc4cccnc4n2CC2CC2)n3C)C1.O=COCc1ccccc1. The molecule has 1 saturated heterocycles. The molecule has 1 amide bonds. The summed E-state index contributed by atoms with van der Waals surface area (Å²) >= 11 is 0. The summed E-state index contributed by atoms with van der Waals surface area (Å²) in [5.74, 6) is 1.74. The van der Waals surface area contributed by atoms with Crippen molar-refractivity contribution < 1.29 is 14.3 Å². The second-order valence-electron chi connectivity index (χ2n) is 11.5. The van der Waals surface area contributed by atoms with Gasteiger partial charge in [-0.2, -0.15) is 0 Å². The summed E-state index contributed by atoms with van der Waals surface area (Å²) < 4.78 is 9.00. The van der Waals surface area contributed by atoms with Crippen LogP contribution in [-0.2, 0) is 29.7 Å². The van der Waals surface area contributed by atoms with Crippen LogP contribution in [0.2, 0.25) is 0 Å². The van der Waals surface area contributed by atoms with Crippen molar-refractivity contribution in [3.8, 4) is 11.5 Å². The normalized spacial score (nSPS) is 15.4. The van der Waals surface area contributed by atoms with Crippen LogP contribution in [0.3, 0.4) is 0 Å². The quantitative estimate of drug-likeness (QED) is 0.180. The fourth-order valence-corrected chi connectivity index (χ4v) is 5.86. The lowest BCUT2D eigenvalue weighted by molar-refractivity contribution is -0.129. The summed E-state index contributed by atoms with van der Waals surface area (Å²) in [6, 6.07) is 22.1. The molecule has 9 nitrogen and oxygen atoms in total. The van der Waals surface area contributed by atoms with E-state index in [2.05, 4.69) is 43.4 Å². The van der Waals surface area contributed by atoms with Gasteiger partial charge in [0.1, 0.15) is 12.3 Å². The third-order valence-corrected chi connectivity index (χ3v) is 8.43. The minimum absolute atomic E-state index is 0.0936. The molecular formula is C38H50N6O3. The van der Waals surface area contributed by atoms with Crippen LogP contribution in [0.25, 0.3) is 33.6 Å². The predicted octanol–water partition coefficient (Wildman–Crippen LogP) is 7.24. The van der Waals surface area contributed by atoms with Gasteiger partial charge < -0.3 is 24.1 Å². The number of fused-ring (bicyclic) bond motifs is 2. The molecule has 3 aromatic heterocycles. The van der Waals surface area contributed by atoms with Gasteiger partial charge in [0.2, 0.25) is 0 Å². The number of likely N-dealkylation sites (N-methyl/N-ethyl adjacent to an activating group) is 1. The zero-order valence-electron chi connectivity index (χ0n) is 28.8. The Hall–Kier alpha value is -4.50. The number of amides is 1. The highest BCUT2D eigenvalue weighted by Crippen LogP contribution is 2.36. The van der Waals surface area contributed by atoms with Gasteiger partial charge in [-0.05, 0) is 80.6 Å². The maximum Gasteiger partial charge on any atom is 0.293 e. The number of likely N-dealkylation sites (tertiary alicyclic amines) is 1. The minimum Gasteiger partial charge on any atom is -0.463 e. The first-order valence-corrected chi connectivity index (χ1v) is 17.0. The molecule has 1 atom stereocenters. The van der Waals surface area contributed by atoms with Crippen molar-refractivity contribution in [3.63, 3.8) is 0 Å². The summed E-state index contributed by atoms with van der Waals surface area (Å²) in [4.78, 5) is 34.6. The van der Waals surface area contributed by atoms with Gasteiger partial charge in [-0.3, -0.25) is 9.59 Å². The fraction of sp³-hybridized carbons (Fsp3) is 0.421. The van der Waals surface area contributed by atoms with Crippen molar-refractivity contribution in [2.75, 3.05) is 20.1 Å². The number of pyridine rings is 1. The largest absolute Gasteiger partial charge is 0.463 e. The number of aryl methyl sites for hydroxylation is 1. The molecule has 9 heteroatoms. The van der Waals surface area contributed by atoms with Gasteiger partial charge in [0, 0.05) is 49.9 Å². The Labute approximate surface area is 279 Å². The average Bonchev–Trinajstić information content (AvgIpc) is 3.82. The number of benzene rings is 2. The van der Waals surface area contributed by atoms with E-state index in [4.69, 9.17) is 4.98 Å². The highest BCUT2D eigenvalue weighted by Gasteiger charge is 2.27. The van der Waals surface area contributed by atoms with E-state index in [0.717, 1.165) is 77.5 Å². The molecule has 250 valence electrons. The van der Waals surface area contributed by atoms with Crippen molar-refractivity contribution in [3.05, 3.63) is 84.1 Å². The van der Waals surface area contributed by atoms with E-state index >= 15 is 0 Å². The Bertz CT molecular complexity index is 1720. The zero-order valence-corrected chi connectivity index (χ0v) is 28.8. The smallest absolute Gasteiger partial charge is 0.293 e. The first-order chi connectivity index (χ1) is 23.1. The Morgan fingerprint density at radius 3 is 2.47 bits per heavy atom. The number of carbonyl (C=O) groups excluding carboxylic acids is 2. The van der Waals surface area contributed by atoms with Crippen LogP contribution in [0.15, 0.2) is 72.9 Å². The number of piperidine rings is 1. The van der Waals surface area contributed by atoms with E-state index in [1.165, 1.54) is 12.8 Å². The predicted molar refractivity (Wildman–Crippen MR) is 190 cm³/mol. The van der Waals surface area contributed by atoms with E-state index in [0.29, 0.717) is 24.7 Å². The number of ether oxygens (including phenoxy) is 1. The third-order valence-electron chi connectivity index (χ3n) is 8.43. The van der Waals surface area contributed by atoms with Gasteiger partial charge in [-0.15, -0.1) is 0 Å². The molecule has 1 unspecified atom stereocenters. The van der Waals surface area contributed by atoms with Gasteiger partial charge in [-0.1, -0.05) is 58.0 Å². The third kappa shape index (κ3) is 8.65. The van der Waals surface area contributed by atoms with Crippen LogP contribution in [0, 0.1) is 5.92 Å². The molecule has 2 aromatic carbocycles. The Kier molecular flexibility index (Phi) is 13.1. The summed E-state index contributed by atoms with van der Waals surface area (Å²) in [5, 5.41) is 4.45. The van der Waals surface area contributed by atoms with Crippen molar-refractivity contribution in [1.29, 1.82) is 0 Å². The highest BCUT2D eigenvalue weighted by atomic mass is 16.5. The van der Waals surface area contributed by atoms with Crippen molar-refractivity contribution in [2.45, 2.75) is 72.6 Å². The van der Waals surface area contributed by atoms with Crippen LogP contribution >= 0.6 is 0 Å². The van der Waals surface area contributed by atoms with Crippen LogP contribution in [-0.4, -0.2) is 62.6 Å². The summed E-state index contributed by atoms with van der Waals surface area (Å²) in [6.07, 6.45) is 6.58. The molecule has 2 aliphatic rings. The maximum atomic E-state index is 13.2. The van der Waals surface area contributed by atoms with Gasteiger partial charge >= 0.3 is 0 Å². The molecule has 1 saturated carbocycles. The van der Waals surface area contributed by atoms with Gasteiger partial charge in [-0.25, -0.2) is 9.97 Å².